The Bertz CT molecular complexity index is 1360. The summed E-state index contributed by atoms with van der Waals surface area (Å²) in [7, 11) is 6.37. The van der Waals surface area contributed by atoms with Gasteiger partial charge in [0.2, 0.25) is 11.0 Å². The van der Waals surface area contributed by atoms with E-state index in [2.05, 4.69) is 10.4 Å². The zero-order chi connectivity index (χ0) is 23.1. The van der Waals surface area contributed by atoms with E-state index in [4.69, 9.17) is 23.9 Å². The molecule has 1 N–H and O–H groups in total. The maximum atomic E-state index is 12.7. The Balaban J connectivity index is 1.62. The van der Waals surface area contributed by atoms with Gasteiger partial charge in [-0.15, -0.1) is 0 Å². The lowest BCUT2D eigenvalue weighted by Crippen LogP contribution is -2.25. The Morgan fingerprint density at radius 1 is 0.970 bits per heavy atom. The fourth-order valence-electron chi connectivity index (χ4n) is 4.08. The standard InChI is InChI=1S/C23H22N4O5S/c1-29-12-5-6-16-20(7-12)33-23(25-16)27-22-15(11-24-27)13(9-21(28)26-22)14-8-18(31-3)19(32-4)10-17(14)30-2/h5-8,10-11,13H,9H2,1-4H3,(H,26,28). The van der Waals surface area contributed by atoms with Gasteiger partial charge < -0.3 is 24.3 Å². The average Bonchev–Trinajstić information content (AvgIpc) is 3.45. The topological polar surface area (TPSA) is 96.7 Å². The Hall–Kier alpha value is -3.79. The van der Waals surface area contributed by atoms with Gasteiger partial charge in [-0.2, -0.15) is 9.78 Å². The summed E-state index contributed by atoms with van der Waals surface area (Å²) in [6, 6.07) is 9.32. The largest absolute Gasteiger partial charge is 0.497 e. The van der Waals surface area contributed by atoms with E-state index >= 15 is 0 Å². The Morgan fingerprint density at radius 3 is 2.45 bits per heavy atom. The van der Waals surface area contributed by atoms with Crippen molar-refractivity contribution in [2.45, 2.75) is 12.3 Å². The van der Waals surface area contributed by atoms with E-state index < -0.39 is 0 Å². The molecule has 170 valence electrons. The minimum absolute atomic E-state index is 0.117. The molecule has 2 aromatic heterocycles. The summed E-state index contributed by atoms with van der Waals surface area (Å²) in [5, 5.41) is 8.19. The summed E-state index contributed by atoms with van der Waals surface area (Å²) >= 11 is 1.47. The molecule has 1 atom stereocenters. The fourth-order valence-corrected chi connectivity index (χ4v) is 5.04. The number of carbonyl (C=O) groups is 1. The van der Waals surface area contributed by atoms with Crippen molar-refractivity contribution in [1.29, 1.82) is 0 Å². The summed E-state index contributed by atoms with van der Waals surface area (Å²) in [6.45, 7) is 0. The first-order valence-corrected chi connectivity index (χ1v) is 11.0. The SMILES string of the molecule is COc1ccc2nc(-n3ncc4c3NC(=O)CC4c3cc(OC)c(OC)cc3OC)sc2c1. The van der Waals surface area contributed by atoms with E-state index in [1.165, 1.54) is 11.3 Å². The number of ether oxygens (including phenoxy) is 4. The molecular formula is C23H22N4O5S. The van der Waals surface area contributed by atoms with E-state index in [1.807, 2.05) is 24.3 Å². The number of thiazole rings is 1. The predicted octanol–water partition coefficient (Wildman–Crippen LogP) is 3.99. The Labute approximate surface area is 193 Å². The van der Waals surface area contributed by atoms with Crippen molar-refractivity contribution >= 4 is 33.3 Å². The number of nitrogens with zero attached hydrogens (tertiary/aromatic N) is 3. The van der Waals surface area contributed by atoms with E-state index in [0.29, 0.717) is 28.2 Å². The summed E-state index contributed by atoms with van der Waals surface area (Å²) in [5.74, 6) is 2.69. The number of benzene rings is 2. The number of carbonyl (C=O) groups excluding carboxylic acids is 1. The van der Waals surface area contributed by atoms with Crippen molar-refractivity contribution in [1.82, 2.24) is 14.8 Å². The van der Waals surface area contributed by atoms with Crippen LogP contribution in [-0.2, 0) is 4.79 Å². The van der Waals surface area contributed by atoms with Crippen LogP contribution in [0.5, 0.6) is 23.0 Å². The number of anilines is 1. The minimum Gasteiger partial charge on any atom is -0.497 e. The van der Waals surface area contributed by atoms with Crippen molar-refractivity contribution in [3.05, 3.63) is 47.7 Å². The van der Waals surface area contributed by atoms with Crippen LogP contribution in [0.4, 0.5) is 5.82 Å². The second-order valence-electron chi connectivity index (χ2n) is 7.44. The van der Waals surface area contributed by atoms with Gasteiger partial charge in [-0.3, -0.25) is 4.79 Å². The van der Waals surface area contributed by atoms with Gasteiger partial charge in [0.15, 0.2) is 11.5 Å². The summed E-state index contributed by atoms with van der Waals surface area (Å²) in [6.07, 6.45) is 2.02. The van der Waals surface area contributed by atoms with E-state index in [1.54, 1.807) is 45.4 Å². The van der Waals surface area contributed by atoms with Crippen molar-refractivity contribution in [3.63, 3.8) is 0 Å². The van der Waals surface area contributed by atoms with Gasteiger partial charge in [-0.05, 0) is 24.3 Å². The molecule has 1 aliphatic heterocycles. The molecule has 1 amide bonds. The van der Waals surface area contributed by atoms with Gasteiger partial charge in [0, 0.05) is 29.5 Å². The Morgan fingerprint density at radius 2 is 1.73 bits per heavy atom. The molecular weight excluding hydrogens is 444 g/mol. The lowest BCUT2D eigenvalue weighted by Gasteiger charge is -2.25. The van der Waals surface area contributed by atoms with Crippen molar-refractivity contribution in [2.75, 3.05) is 33.8 Å². The van der Waals surface area contributed by atoms with Crippen LogP contribution >= 0.6 is 11.3 Å². The lowest BCUT2D eigenvalue weighted by atomic mass is 9.86. The summed E-state index contributed by atoms with van der Waals surface area (Å²) < 4.78 is 24.5. The third kappa shape index (κ3) is 3.52. The Kier molecular flexibility index (Phi) is 5.29. The highest BCUT2D eigenvalue weighted by molar-refractivity contribution is 7.20. The van der Waals surface area contributed by atoms with Crippen molar-refractivity contribution < 1.29 is 23.7 Å². The van der Waals surface area contributed by atoms with Crippen LogP contribution in [0.1, 0.15) is 23.5 Å². The molecule has 9 nitrogen and oxygen atoms in total. The summed E-state index contributed by atoms with van der Waals surface area (Å²) in [4.78, 5) is 17.4. The second-order valence-corrected chi connectivity index (χ2v) is 8.45. The zero-order valence-corrected chi connectivity index (χ0v) is 19.4. The quantitative estimate of drug-likeness (QED) is 0.459. The summed E-state index contributed by atoms with van der Waals surface area (Å²) in [5.41, 5.74) is 2.53. The van der Waals surface area contributed by atoms with E-state index in [9.17, 15) is 4.79 Å². The van der Waals surface area contributed by atoms with Crippen LogP contribution in [-0.4, -0.2) is 49.1 Å². The maximum absolute atomic E-state index is 12.7. The van der Waals surface area contributed by atoms with Gasteiger partial charge >= 0.3 is 0 Å². The van der Waals surface area contributed by atoms with Crippen LogP contribution < -0.4 is 24.3 Å². The lowest BCUT2D eigenvalue weighted by molar-refractivity contribution is -0.116. The average molecular weight is 467 g/mol. The number of rotatable bonds is 6. The molecule has 0 fully saturated rings. The highest BCUT2D eigenvalue weighted by Gasteiger charge is 2.33. The van der Waals surface area contributed by atoms with Crippen LogP contribution in [0.2, 0.25) is 0 Å². The number of fused-ring (bicyclic) bond motifs is 2. The van der Waals surface area contributed by atoms with Gasteiger partial charge in [0.25, 0.3) is 0 Å². The number of methoxy groups -OCH3 is 4. The monoisotopic (exact) mass is 466 g/mol. The first-order chi connectivity index (χ1) is 16.1. The normalized spacial score (nSPS) is 15.2. The number of amides is 1. The first-order valence-electron chi connectivity index (χ1n) is 10.2. The number of aromatic nitrogens is 3. The molecule has 1 unspecified atom stereocenters. The molecule has 0 saturated carbocycles. The second kappa shape index (κ2) is 8.28. The predicted molar refractivity (Wildman–Crippen MR) is 124 cm³/mol. The van der Waals surface area contributed by atoms with Gasteiger partial charge in [0.1, 0.15) is 17.3 Å². The van der Waals surface area contributed by atoms with E-state index in [-0.39, 0.29) is 18.2 Å². The number of nitrogens with one attached hydrogen (secondary N) is 1. The molecule has 5 rings (SSSR count). The third-order valence-electron chi connectivity index (χ3n) is 5.70. The molecule has 4 aromatic rings. The van der Waals surface area contributed by atoms with Crippen LogP contribution in [0, 0.1) is 0 Å². The third-order valence-corrected chi connectivity index (χ3v) is 6.69. The molecule has 0 bridgehead atoms. The minimum atomic E-state index is -0.272. The molecule has 33 heavy (non-hydrogen) atoms. The number of hydrogen-bond donors (Lipinski definition) is 1. The molecule has 0 radical (unpaired) electrons. The van der Waals surface area contributed by atoms with E-state index in [0.717, 1.165) is 27.1 Å². The van der Waals surface area contributed by atoms with Gasteiger partial charge in [-0.1, -0.05) is 11.3 Å². The molecule has 1 aliphatic rings. The molecule has 0 aliphatic carbocycles. The van der Waals surface area contributed by atoms with Crippen LogP contribution in [0.25, 0.3) is 15.3 Å². The molecule has 0 spiro atoms. The first kappa shape index (κ1) is 21.1. The van der Waals surface area contributed by atoms with Crippen molar-refractivity contribution in [2.24, 2.45) is 0 Å². The maximum Gasteiger partial charge on any atom is 0.226 e. The smallest absolute Gasteiger partial charge is 0.226 e. The fraction of sp³-hybridized carbons (Fsp3) is 0.261. The van der Waals surface area contributed by atoms with Crippen LogP contribution in [0.15, 0.2) is 36.5 Å². The van der Waals surface area contributed by atoms with Crippen molar-refractivity contribution in [3.8, 4) is 28.1 Å². The van der Waals surface area contributed by atoms with Gasteiger partial charge in [-0.25, -0.2) is 4.98 Å². The molecule has 3 heterocycles. The molecule has 0 saturated heterocycles. The van der Waals surface area contributed by atoms with Crippen LogP contribution in [0.3, 0.4) is 0 Å². The van der Waals surface area contributed by atoms with Gasteiger partial charge in [0.05, 0.1) is 44.9 Å². The molecule has 10 heteroatoms. The molecule has 2 aromatic carbocycles. The highest BCUT2D eigenvalue weighted by Crippen LogP contribution is 2.45. The highest BCUT2D eigenvalue weighted by atomic mass is 32.1. The number of hydrogen-bond acceptors (Lipinski definition) is 8. The zero-order valence-electron chi connectivity index (χ0n) is 18.5.